The summed E-state index contributed by atoms with van der Waals surface area (Å²) in [5, 5.41) is 23.9. The SMILES string of the molecule is CC1COc2cc(-n3cccn3)c(-c3ccc4c(N)cnnc4c3)cc2B(O)O1. The molecule has 0 spiro atoms. The van der Waals surface area contributed by atoms with E-state index >= 15 is 0 Å². The van der Waals surface area contributed by atoms with Crippen LogP contribution >= 0.6 is 0 Å². The van der Waals surface area contributed by atoms with Gasteiger partial charge in [0.15, 0.2) is 0 Å². The number of rotatable bonds is 2. The minimum absolute atomic E-state index is 0.229. The summed E-state index contributed by atoms with van der Waals surface area (Å²) in [6, 6.07) is 11.4. The first-order valence-electron chi connectivity index (χ1n) is 9.26. The van der Waals surface area contributed by atoms with Crippen LogP contribution in [0.15, 0.2) is 55.0 Å². The number of benzene rings is 2. The second kappa shape index (κ2) is 6.87. The first-order valence-corrected chi connectivity index (χ1v) is 9.26. The fourth-order valence-corrected chi connectivity index (χ4v) is 3.52. The molecule has 1 unspecified atom stereocenters. The molecule has 2 aromatic heterocycles. The first kappa shape index (κ1) is 17.7. The molecule has 0 aliphatic carbocycles. The maximum Gasteiger partial charge on any atom is 0.495 e. The summed E-state index contributed by atoms with van der Waals surface area (Å²) in [5.41, 5.74) is 10.4. The van der Waals surface area contributed by atoms with Crippen molar-refractivity contribution >= 4 is 29.2 Å². The Morgan fingerprint density at radius 1 is 1.28 bits per heavy atom. The van der Waals surface area contributed by atoms with E-state index in [2.05, 4.69) is 15.3 Å². The summed E-state index contributed by atoms with van der Waals surface area (Å²) < 4.78 is 13.3. The van der Waals surface area contributed by atoms with Crippen molar-refractivity contribution in [2.75, 3.05) is 12.3 Å². The number of nitrogen functional groups attached to an aromatic ring is 1. The molecular formula is C20H18BN5O3. The normalized spacial score (nSPS) is 16.3. The van der Waals surface area contributed by atoms with Crippen LogP contribution in [0, 0.1) is 0 Å². The van der Waals surface area contributed by atoms with Crippen molar-refractivity contribution in [1.82, 2.24) is 20.0 Å². The van der Waals surface area contributed by atoms with Gasteiger partial charge in [0.1, 0.15) is 12.4 Å². The van der Waals surface area contributed by atoms with Crippen molar-refractivity contribution in [3.8, 4) is 22.6 Å². The Morgan fingerprint density at radius 2 is 2.17 bits per heavy atom. The number of fused-ring (bicyclic) bond motifs is 2. The number of nitrogens with zero attached hydrogens (tertiary/aromatic N) is 4. The molecule has 3 N–H and O–H groups in total. The van der Waals surface area contributed by atoms with Crippen LogP contribution in [0.4, 0.5) is 5.69 Å². The van der Waals surface area contributed by atoms with Crippen molar-refractivity contribution in [2.45, 2.75) is 13.0 Å². The summed E-state index contributed by atoms with van der Waals surface area (Å²) in [6.07, 6.45) is 4.87. The van der Waals surface area contributed by atoms with E-state index in [4.69, 9.17) is 15.1 Å². The van der Waals surface area contributed by atoms with Gasteiger partial charge in [0.25, 0.3) is 0 Å². The summed E-state index contributed by atoms with van der Waals surface area (Å²) in [6.45, 7) is 2.21. The van der Waals surface area contributed by atoms with Crippen molar-refractivity contribution in [1.29, 1.82) is 0 Å². The number of anilines is 1. The second-order valence-corrected chi connectivity index (χ2v) is 7.00. The molecule has 0 fully saturated rings. The number of hydrogen-bond acceptors (Lipinski definition) is 7. The highest BCUT2D eigenvalue weighted by atomic mass is 16.6. The Labute approximate surface area is 167 Å². The van der Waals surface area contributed by atoms with Crippen LogP contribution in [0.2, 0.25) is 0 Å². The van der Waals surface area contributed by atoms with E-state index in [0.717, 1.165) is 22.2 Å². The molecule has 144 valence electrons. The summed E-state index contributed by atoms with van der Waals surface area (Å²) in [4.78, 5) is 0. The van der Waals surface area contributed by atoms with Gasteiger partial charge in [-0.2, -0.15) is 15.3 Å². The second-order valence-electron chi connectivity index (χ2n) is 7.00. The van der Waals surface area contributed by atoms with Gasteiger partial charge in [0.2, 0.25) is 0 Å². The van der Waals surface area contributed by atoms with E-state index < -0.39 is 7.12 Å². The van der Waals surface area contributed by atoms with Gasteiger partial charge >= 0.3 is 7.12 Å². The van der Waals surface area contributed by atoms with E-state index in [1.165, 1.54) is 6.20 Å². The lowest BCUT2D eigenvalue weighted by Gasteiger charge is -2.16. The van der Waals surface area contributed by atoms with E-state index in [9.17, 15) is 5.02 Å². The molecule has 8 nitrogen and oxygen atoms in total. The molecule has 3 heterocycles. The molecule has 2 aromatic carbocycles. The molecule has 0 saturated heterocycles. The number of ether oxygens (including phenoxy) is 1. The van der Waals surface area contributed by atoms with Crippen molar-refractivity contribution < 1.29 is 14.4 Å². The van der Waals surface area contributed by atoms with Gasteiger partial charge in [0.05, 0.1) is 29.2 Å². The molecule has 5 rings (SSSR count). The Bertz CT molecular complexity index is 1200. The van der Waals surface area contributed by atoms with Gasteiger partial charge in [-0.15, -0.1) is 0 Å². The fraction of sp³-hybridized carbons (Fsp3) is 0.150. The van der Waals surface area contributed by atoms with Crippen LogP contribution in [0.3, 0.4) is 0 Å². The number of nitrogens with two attached hydrogens (primary N) is 1. The summed E-state index contributed by atoms with van der Waals surface area (Å²) in [5.74, 6) is 0.570. The maximum absolute atomic E-state index is 10.5. The van der Waals surface area contributed by atoms with Crippen LogP contribution in [0.25, 0.3) is 27.7 Å². The third-order valence-electron chi connectivity index (χ3n) is 4.96. The molecule has 0 radical (unpaired) electrons. The maximum atomic E-state index is 10.5. The predicted octanol–water partition coefficient (Wildman–Crippen LogP) is 1.55. The van der Waals surface area contributed by atoms with Gasteiger partial charge in [0, 0.05) is 34.9 Å². The molecule has 0 amide bonds. The Kier molecular flexibility index (Phi) is 4.19. The average Bonchev–Trinajstić information content (AvgIpc) is 3.22. The molecule has 1 aliphatic heterocycles. The minimum Gasteiger partial charge on any atom is -0.491 e. The van der Waals surface area contributed by atoms with E-state index in [1.807, 2.05) is 49.5 Å². The highest BCUT2D eigenvalue weighted by Gasteiger charge is 2.29. The third kappa shape index (κ3) is 3.10. The molecule has 0 bridgehead atoms. The fourth-order valence-electron chi connectivity index (χ4n) is 3.52. The van der Waals surface area contributed by atoms with Crippen LogP contribution in [0.1, 0.15) is 6.92 Å². The molecular weight excluding hydrogens is 369 g/mol. The molecule has 0 saturated carbocycles. The lowest BCUT2D eigenvalue weighted by molar-refractivity contribution is 0.135. The zero-order valence-electron chi connectivity index (χ0n) is 15.7. The Morgan fingerprint density at radius 3 is 3.00 bits per heavy atom. The zero-order chi connectivity index (χ0) is 20.0. The van der Waals surface area contributed by atoms with Crippen LogP contribution in [-0.4, -0.2) is 44.8 Å². The summed E-state index contributed by atoms with van der Waals surface area (Å²) in [7, 11) is -1.08. The lowest BCUT2D eigenvalue weighted by Crippen LogP contribution is -2.35. The molecule has 1 aliphatic rings. The van der Waals surface area contributed by atoms with Crippen molar-refractivity contribution in [3.05, 3.63) is 55.0 Å². The molecule has 29 heavy (non-hydrogen) atoms. The Hall–Kier alpha value is -3.43. The van der Waals surface area contributed by atoms with E-state index in [-0.39, 0.29) is 6.10 Å². The molecule has 1 atom stereocenters. The van der Waals surface area contributed by atoms with Gasteiger partial charge in [-0.05, 0) is 36.8 Å². The minimum atomic E-state index is -1.08. The van der Waals surface area contributed by atoms with Gasteiger partial charge in [-0.3, -0.25) is 0 Å². The smallest absolute Gasteiger partial charge is 0.491 e. The van der Waals surface area contributed by atoms with Crippen molar-refractivity contribution in [2.24, 2.45) is 0 Å². The van der Waals surface area contributed by atoms with Gasteiger partial charge < -0.3 is 20.1 Å². The quantitative estimate of drug-likeness (QED) is 0.503. The first-order chi connectivity index (χ1) is 14.1. The highest BCUT2D eigenvalue weighted by molar-refractivity contribution is 6.61. The zero-order valence-corrected chi connectivity index (χ0v) is 15.7. The van der Waals surface area contributed by atoms with E-state index in [0.29, 0.717) is 29.0 Å². The molecule has 9 heteroatoms. The largest absolute Gasteiger partial charge is 0.495 e. The highest BCUT2D eigenvalue weighted by Crippen LogP contribution is 2.32. The van der Waals surface area contributed by atoms with Crippen molar-refractivity contribution in [3.63, 3.8) is 0 Å². The lowest BCUT2D eigenvalue weighted by atomic mass is 9.77. The number of hydrogen-bond donors (Lipinski definition) is 2. The number of aromatic nitrogens is 4. The van der Waals surface area contributed by atoms with Crippen LogP contribution in [-0.2, 0) is 4.65 Å². The molecule has 4 aromatic rings. The Balaban J connectivity index is 1.74. The summed E-state index contributed by atoms with van der Waals surface area (Å²) >= 11 is 0. The average molecular weight is 387 g/mol. The monoisotopic (exact) mass is 387 g/mol. The standard InChI is InChI=1S/C20H18BN5O3/c1-12-11-28-20-9-19(26-6-2-5-24-26)15(8-16(20)21(27)29-12)13-3-4-14-17(22)10-23-25-18(14)7-13/h2-10,12,27H,11H2,1H3,(H2,22,25). The topological polar surface area (TPSA) is 108 Å². The predicted molar refractivity (Wildman–Crippen MR) is 110 cm³/mol. The van der Waals surface area contributed by atoms with Gasteiger partial charge in [-0.1, -0.05) is 6.07 Å². The van der Waals surface area contributed by atoms with Gasteiger partial charge in [-0.25, -0.2) is 4.68 Å². The van der Waals surface area contributed by atoms with Crippen LogP contribution in [0.5, 0.6) is 5.75 Å². The van der Waals surface area contributed by atoms with Crippen LogP contribution < -0.4 is 15.9 Å². The van der Waals surface area contributed by atoms with E-state index in [1.54, 1.807) is 10.9 Å². The third-order valence-corrected chi connectivity index (χ3v) is 4.96.